The van der Waals surface area contributed by atoms with Crippen LogP contribution in [-0.2, 0) is 32.8 Å². The summed E-state index contributed by atoms with van der Waals surface area (Å²) < 4.78 is 43.9. The van der Waals surface area contributed by atoms with Gasteiger partial charge in [0.25, 0.3) is 0 Å². The number of nitrogens with two attached hydrogens (primary N) is 1. The average Bonchev–Trinajstić information content (AvgIpc) is 3.30. The lowest BCUT2D eigenvalue weighted by atomic mass is 9.84. The first kappa shape index (κ1) is 32.4. The van der Waals surface area contributed by atoms with Gasteiger partial charge in [-0.2, -0.15) is 0 Å². The summed E-state index contributed by atoms with van der Waals surface area (Å²) in [5.41, 5.74) is 7.48. The van der Waals surface area contributed by atoms with E-state index in [2.05, 4.69) is 16.0 Å². The van der Waals surface area contributed by atoms with E-state index in [1.807, 2.05) is 0 Å². The fraction of sp³-hybridized carbons (Fsp3) is 1.00. The van der Waals surface area contributed by atoms with E-state index in [9.17, 15) is 50.1 Å². The number of hydrogen-bond donors (Lipinski definition) is 10. The summed E-state index contributed by atoms with van der Waals surface area (Å²) in [6, 6.07) is -2.24. The van der Waals surface area contributed by atoms with E-state index in [4.69, 9.17) is 23.7 Å². The predicted molar refractivity (Wildman–Crippen MR) is 117 cm³/mol. The second kappa shape index (κ2) is 12.2. The minimum atomic E-state index is -5.43. The van der Waals surface area contributed by atoms with Crippen LogP contribution in [0.1, 0.15) is 6.42 Å². The van der Waals surface area contributed by atoms with Crippen molar-refractivity contribution in [2.75, 3.05) is 20.3 Å². The second-order valence-corrected chi connectivity index (χ2v) is 11.7. The molecule has 4 aliphatic rings. The Morgan fingerprint density at radius 2 is 1.68 bits per heavy atom. The Kier molecular flexibility index (Phi) is 9.93. The van der Waals surface area contributed by atoms with Crippen LogP contribution < -0.4 is 26.6 Å². The van der Waals surface area contributed by atoms with Crippen LogP contribution >= 0.6 is 7.82 Å². The normalized spacial score (nSPS) is 50.6. The number of rotatable bonds is 8. The van der Waals surface area contributed by atoms with Gasteiger partial charge in [-0.1, -0.05) is 0 Å². The van der Waals surface area contributed by atoms with Gasteiger partial charge in [-0.05, 0) is 0 Å². The van der Waals surface area contributed by atoms with Crippen LogP contribution in [0.2, 0.25) is 0 Å². The van der Waals surface area contributed by atoms with E-state index in [1.165, 1.54) is 0 Å². The summed E-state index contributed by atoms with van der Waals surface area (Å²) in [6.45, 7) is -1.59. The standard InChI is InChI=1S/C20H38N3O16P/c1-23-7-2-5(21)9(25)15(10(7)26)36-19-17-16(11(27)8(3-24)35-19)38-20(39-17)18(30)13(29)12(28)14(37-20)6(22)4-34-40(31,32)33/h5-19,23-30H,2-4,21-22H2,1H3,(H2,31,32,33)/p+1/t5-,6?,7+,8-,9+,10-,11+,12-,13+,14-,15-,16+,17+,18-,19+,20-/m1/s1. The molecule has 0 bridgehead atoms. The first-order valence-electron chi connectivity index (χ1n) is 12.8. The SMILES string of the molecule is C[NH2+][C@H]1C[C@@H]([NH3+])[C@H](O)[C@@H](O[C@@H]2O[C@H](CO)[C@H](O)[C@@H]3O[C@]4(O[C@H]23)O[C@H](C([NH3+])COP(=O)([O-])[O-])[C@H](O)[C@H](O)[C@H]4O)[C@@H]1O. The monoisotopic (exact) mass is 608 g/mol. The molecule has 15 N–H and O–H groups in total. The Morgan fingerprint density at radius 3 is 2.27 bits per heavy atom. The quantitative estimate of drug-likeness (QED) is 0.114. The number of aliphatic hydroxyl groups is 7. The highest BCUT2D eigenvalue weighted by Gasteiger charge is 2.68. The predicted octanol–water partition coefficient (Wildman–Crippen LogP) is -10.9. The highest BCUT2D eigenvalue weighted by Crippen LogP contribution is 2.45. The Labute approximate surface area is 227 Å². The molecule has 1 spiro atoms. The third-order valence-corrected chi connectivity index (χ3v) is 8.34. The molecule has 1 unspecified atom stereocenters. The van der Waals surface area contributed by atoms with Crippen molar-refractivity contribution in [2.45, 2.75) is 104 Å². The van der Waals surface area contributed by atoms with E-state index < -0.39 is 119 Å². The van der Waals surface area contributed by atoms with E-state index in [0.29, 0.717) is 6.42 Å². The maximum absolute atomic E-state index is 10.9. The average molecular weight is 609 g/mol. The summed E-state index contributed by atoms with van der Waals surface area (Å²) in [4.78, 5) is 21.8. The molecule has 0 aromatic carbocycles. The molecule has 4 rings (SSSR count). The molecular formula is C20H39N3O16P+. The maximum Gasteiger partial charge on any atom is 0.314 e. The number of aliphatic hydroxyl groups excluding tert-OH is 7. The maximum atomic E-state index is 10.9. The molecular weight excluding hydrogens is 569 g/mol. The van der Waals surface area contributed by atoms with Crippen LogP contribution in [0.25, 0.3) is 0 Å². The van der Waals surface area contributed by atoms with Crippen LogP contribution in [0, 0.1) is 0 Å². The van der Waals surface area contributed by atoms with Gasteiger partial charge in [-0.15, -0.1) is 0 Å². The van der Waals surface area contributed by atoms with Gasteiger partial charge in [0.05, 0.1) is 27.9 Å². The largest absolute Gasteiger partial charge is 0.790 e. The number of phosphoric ester groups is 1. The van der Waals surface area contributed by atoms with Gasteiger partial charge in [0.15, 0.2) is 12.4 Å². The van der Waals surface area contributed by atoms with Crippen molar-refractivity contribution < 1.29 is 95.1 Å². The van der Waals surface area contributed by atoms with Crippen molar-refractivity contribution in [1.82, 2.24) is 0 Å². The number of hydrogen-bond acceptors (Lipinski definition) is 16. The summed E-state index contributed by atoms with van der Waals surface area (Å²) in [5.74, 6) is -2.61. The summed E-state index contributed by atoms with van der Waals surface area (Å²) in [5, 5.41) is 75.8. The first-order valence-corrected chi connectivity index (χ1v) is 14.3. The van der Waals surface area contributed by atoms with Crippen LogP contribution in [0.3, 0.4) is 0 Å². The third kappa shape index (κ3) is 6.10. The molecule has 16 atom stereocenters. The van der Waals surface area contributed by atoms with E-state index in [1.54, 1.807) is 12.4 Å². The van der Waals surface area contributed by atoms with Crippen LogP contribution in [0.5, 0.6) is 0 Å². The third-order valence-electron chi connectivity index (χ3n) is 7.87. The van der Waals surface area contributed by atoms with Gasteiger partial charge in [0.2, 0.25) is 0 Å². The molecule has 20 heteroatoms. The lowest BCUT2D eigenvalue weighted by Crippen LogP contribution is -2.93. The highest BCUT2D eigenvalue weighted by atomic mass is 31.2. The van der Waals surface area contributed by atoms with Gasteiger partial charge >= 0.3 is 5.97 Å². The number of fused-ring (bicyclic) bond motifs is 1. The first-order chi connectivity index (χ1) is 18.6. The molecule has 1 aliphatic carbocycles. The topological polar surface area (TPSA) is 332 Å². The smallest absolute Gasteiger partial charge is 0.314 e. The van der Waals surface area contributed by atoms with Gasteiger partial charge < -0.3 is 95.1 Å². The second-order valence-electron chi connectivity index (χ2n) is 10.6. The van der Waals surface area contributed by atoms with Crippen molar-refractivity contribution in [3.63, 3.8) is 0 Å². The Hall–Kier alpha value is -0.490. The number of likely N-dealkylation sites (N-methyl/N-ethyl adjacent to an activating group) is 1. The molecule has 40 heavy (non-hydrogen) atoms. The molecule has 234 valence electrons. The van der Waals surface area contributed by atoms with Gasteiger partial charge in [-0.25, -0.2) is 0 Å². The van der Waals surface area contributed by atoms with E-state index in [0.717, 1.165) is 0 Å². The van der Waals surface area contributed by atoms with Crippen LogP contribution in [-0.4, -0.2) is 154 Å². The molecule has 19 nitrogen and oxygen atoms in total. The van der Waals surface area contributed by atoms with E-state index in [-0.39, 0.29) is 0 Å². The number of ether oxygens (including phenoxy) is 5. The molecule has 0 aromatic heterocycles. The summed E-state index contributed by atoms with van der Waals surface area (Å²) >= 11 is 0. The Balaban J connectivity index is 1.60. The van der Waals surface area contributed by atoms with E-state index >= 15 is 0 Å². The molecule has 0 aromatic rings. The fourth-order valence-corrected chi connectivity index (χ4v) is 5.95. The minimum absolute atomic E-state index is 0.378. The van der Waals surface area contributed by atoms with Crippen molar-refractivity contribution in [3.05, 3.63) is 0 Å². The van der Waals surface area contributed by atoms with Crippen molar-refractivity contribution in [2.24, 2.45) is 0 Å². The van der Waals surface area contributed by atoms with Crippen molar-refractivity contribution in [3.8, 4) is 0 Å². The lowest BCUT2D eigenvalue weighted by Gasteiger charge is -2.46. The molecule has 3 aliphatic heterocycles. The van der Waals surface area contributed by atoms with Crippen LogP contribution in [0.15, 0.2) is 0 Å². The van der Waals surface area contributed by atoms with Gasteiger partial charge in [0.1, 0.15) is 85.8 Å². The molecule has 3 saturated heterocycles. The van der Waals surface area contributed by atoms with Crippen LogP contribution in [0.4, 0.5) is 0 Å². The van der Waals surface area contributed by atoms with Gasteiger partial charge in [0, 0.05) is 0 Å². The molecule has 4 fully saturated rings. The minimum Gasteiger partial charge on any atom is -0.790 e. The van der Waals surface area contributed by atoms with Crippen molar-refractivity contribution in [1.29, 1.82) is 0 Å². The molecule has 1 saturated carbocycles. The lowest BCUT2D eigenvalue weighted by molar-refractivity contribution is -0.683. The molecule has 3 heterocycles. The molecule has 0 radical (unpaired) electrons. The van der Waals surface area contributed by atoms with Crippen molar-refractivity contribution >= 4 is 7.82 Å². The summed E-state index contributed by atoms with van der Waals surface area (Å²) in [7, 11) is -3.70. The molecule has 0 amide bonds. The zero-order chi connectivity index (χ0) is 29.7. The zero-order valence-electron chi connectivity index (χ0n) is 21.5. The number of quaternary nitrogens is 3. The Morgan fingerprint density at radius 1 is 1.02 bits per heavy atom. The zero-order valence-corrected chi connectivity index (χ0v) is 22.4. The van der Waals surface area contributed by atoms with Gasteiger partial charge in [-0.3, -0.25) is 0 Å². The fourth-order valence-electron chi connectivity index (χ4n) is 5.58. The summed E-state index contributed by atoms with van der Waals surface area (Å²) in [6.07, 6.45) is -18.3. The Bertz CT molecular complexity index is 919. The highest BCUT2D eigenvalue weighted by molar-refractivity contribution is 7.43. The number of phosphoric acid groups is 1.